The summed E-state index contributed by atoms with van der Waals surface area (Å²) in [5.74, 6) is 1.44. The number of hydrogen-bond donors (Lipinski definition) is 0. The highest BCUT2D eigenvalue weighted by Crippen LogP contribution is 2.27. The molecule has 0 radical (unpaired) electrons. The highest BCUT2D eigenvalue weighted by Gasteiger charge is 2.09. The summed E-state index contributed by atoms with van der Waals surface area (Å²) < 4.78 is 15.9. The van der Waals surface area contributed by atoms with Crippen molar-refractivity contribution in [2.45, 2.75) is 19.6 Å². The molecule has 0 fully saturated rings. The summed E-state index contributed by atoms with van der Waals surface area (Å²) in [6.45, 7) is 2.00. The molecule has 0 amide bonds. The maximum Gasteiger partial charge on any atom is 0.199 e. The van der Waals surface area contributed by atoms with Gasteiger partial charge in [-0.2, -0.15) is 0 Å². The van der Waals surface area contributed by atoms with Gasteiger partial charge < -0.3 is 14.2 Å². The molecular weight excluding hydrogens is 180 g/mol. The van der Waals surface area contributed by atoms with Gasteiger partial charge in [-0.05, 0) is 12.1 Å². The van der Waals surface area contributed by atoms with Gasteiger partial charge in [0.15, 0.2) is 17.8 Å². The lowest BCUT2D eigenvalue weighted by Crippen LogP contribution is -2.17. The Kier molecular flexibility index (Phi) is 4.26. The van der Waals surface area contributed by atoms with E-state index in [-0.39, 0.29) is 6.29 Å². The number of methoxy groups -OCH3 is 2. The predicted molar refractivity (Wildman–Crippen MR) is 54.7 cm³/mol. The van der Waals surface area contributed by atoms with Gasteiger partial charge in [0.1, 0.15) is 0 Å². The quantitative estimate of drug-likeness (QED) is 0.677. The molecular formula is C11H16O3. The van der Waals surface area contributed by atoms with Crippen LogP contribution >= 0.6 is 0 Å². The van der Waals surface area contributed by atoms with E-state index in [1.165, 1.54) is 0 Å². The lowest BCUT2D eigenvalue weighted by Gasteiger charge is -2.17. The van der Waals surface area contributed by atoms with Crippen LogP contribution in [-0.2, 0) is 4.74 Å². The zero-order chi connectivity index (χ0) is 10.4. The molecule has 0 aromatic heterocycles. The van der Waals surface area contributed by atoms with Crippen molar-refractivity contribution in [2.24, 2.45) is 0 Å². The van der Waals surface area contributed by atoms with Crippen molar-refractivity contribution in [1.29, 1.82) is 0 Å². The minimum absolute atomic E-state index is 0.216. The van der Waals surface area contributed by atoms with Gasteiger partial charge in [-0.1, -0.05) is 19.1 Å². The molecule has 0 aliphatic heterocycles. The van der Waals surface area contributed by atoms with Crippen LogP contribution in [0, 0.1) is 0 Å². The fraction of sp³-hybridized carbons (Fsp3) is 0.455. The Labute approximate surface area is 84.6 Å². The molecule has 0 spiro atoms. The topological polar surface area (TPSA) is 27.7 Å². The molecule has 1 unspecified atom stereocenters. The largest absolute Gasteiger partial charge is 0.493 e. The highest BCUT2D eigenvalue weighted by molar-refractivity contribution is 5.39. The average Bonchev–Trinajstić information content (AvgIpc) is 2.26. The van der Waals surface area contributed by atoms with Gasteiger partial charge in [0.2, 0.25) is 0 Å². The third-order valence-electron chi connectivity index (χ3n) is 1.92. The van der Waals surface area contributed by atoms with Gasteiger partial charge >= 0.3 is 0 Å². The first kappa shape index (κ1) is 10.9. The van der Waals surface area contributed by atoms with Gasteiger partial charge in [-0.3, -0.25) is 0 Å². The molecule has 0 saturated carbocycles. The van der Waals surface area contributed by atoms with Crippen LogP contribution < -0.4 is 9.47 Å². The third kappa shape index (κ3) is 2.64. The SMILES string of the molecule is CCC(OC)Oc1ccccc1OC. The zero-order valence-corrected chi connectivity index (χ0v) is 8.82. The molecule has 3 nitrogen and oxygen atoms in total. The molecule has 1 atom stereocenters. The van der Waals surface area contributed by atoms with Crippen molar-refractivity contribution in [3.8, 4) is 11.5 Å². The Morgan fingerprint density at radius 1 is 1.14 bits per heavy atom. The summed E-state index contributed by atoms with van der Waals surface area (Å²) in [6.07, 6.45) is 0.584. The molecule has 1 aromatic rings. The van der Waals surface area contributed by atoms with Crippen LogP contribution in [-0.4, -0.2) is 20.5 Å². The normalized spacial score (nSPS) is 12.2. The molecule has 1 rings (SSSR count). The maximum absolute atomic E-state index is 5.59. The smallest absolute Gasteiger partial charge is 0.199 e. The second-order valence-electron chi connectivity index (χ2n) is 2.84. The summed E-state index contributed by atoms with van der Waals surface area (Å²) >= 11 is 0. The van der Waals surface area contributed by atoms with Crippen molar-refractivity contribution in [3.63, 3.8) is 0 Å². The predicted octanol–water partition coefficient (Wildman–Crippen LogP) is 2.46. The number of hydrogen-bond acceptors (Lipinski definition) is 3. The Morgan fingerprint density at radius 2 is 1.79 bits per heavy atom. The minimum Gasteiger partial charge on any atom is -0.493 e. The molecule has 1 aromatic carbocycles. The molecule has 78 valence electrons. The van der Waals surface area contributed by atoms with E-state index in [1.54, 1.807) is 14.2 Å². The first-order chi connectivity index (χ1) is 6.81. The van der Waals surface area contributed by atoms with Crippen LogP contribution in [0.4, 0.5) is 0 Å². The molecule has 0 bridgehead atoms. The Bertz CT molecular complexity index is 269. The van der Waals surface area contributed by atoms with Crippen LogP contribution in [0.3, 0.4) is 0 Å². The number of rotatable bonds is 5. The molecule has 0 saturated heterocycles. The van der Waals surface area contributed by atoms with E-state index < -0.39 is 0 Å². The van der Waals surface area contributed by atoms with E-state index in [4.69, 9.17) is 14.2 Å². The van der Waals surface area contributed by atoms with Crippen LogP contribution in [0.2, 0.25) is 0 Å². The van der Waals surface area contributed by atoms with Crippen molar-refractivity contribution in [1.82, 2.24) is 0 Å². The Hall–Kier alpha value is -1.22. The third-order valence-corrected chi connectivity index (χ3v) is 1.92. The van der Waals surface area contributed by atoms with Crippen LogP contribution in [0.1, 0.15) is 13.3 Å². The van der Waals surface area contributed by atoms with Gasteiger partial charge in [0.05, 0.1) is 7.11 Å². The van der Waals surface area contributed by atoms with Crippen molar-refractivity contribution >= 4 is 0 Å². The molecule has 0 aliphatic carbocycles. The van der Waals surface area contributed by atoms with E-state index in [2.05, 4.69) is 0 Å². The van der Waals surface area contributed by atoms with Crippen molar-refractivity contribution in [2.75, 3.05) is 14.2 Å². The zero-order valence-electron chi connectivity index (χ0n) is 8.82. The molecule has 14 heavy (non-hydrogen) atoms. The summed E-state index contributed by atoms with van der Waals surface area (Å²) in [4.78, 5) is 0. The number of ether oxygens (including phenoxy) is 3. The summed E-state index contributed by atoms with van der Waals surface area (Å²) in [5.41, 5.74) is 0. The Balaban J connectivity index is 2.74. The van der Waals surface area contributed by atoms with Crippen LogP contribution in [0.15, 0.2) is 24.3 Å². The van der Waals surface area contributed by atoms with E-state index in [0.29, 0.717) is 5.75 Å². The fourth-order valence-corrected chi connectivity index (χ4v) is 1.16. The highest BCUT2D eigenvalue weighted by atomic mass is 16.7. The number of benzene rings is 1. The van der Waals surface area contributed by atoms with Gasteiger partial charge in [-0.25, -0.2) is 0 Å². The average molecular weight is 196 g/mol. The summed E-state index contributed by atoms with van der Waals surface area (Å²) in [6, 6.07) is 7.53. The van der Waals surface area contributed by atoms with Gasteiger partial charge in [0.25, 0.3) is 0 Å². The number of para-hydroxylation sites is 2. The van der Waals surface area contributed by atoms with E-state index in [9.17, 15) is 0 Å². The molecule has 0 heterocycles. The lowest BCUT2D eigenvalue weighted by atomic mass is 10.3. The monoisotopic (exact) mass is 196 g/mol. The maximum atomic E-state index is 5.59. The lowest BCUT2D eigenvalue weighted by molar-refractivity contribution is -0.0559. The van der Waals surface area contributed by atoms with Crippen LogP contribution in [0.5, 0.6) is 11.5 Å². The van der Waals surface area contributed by atoms with E-state index >= 15 is 0 Å². The molecule has 3 heteroatoms. The van der Waals surface area contributed by atoms with E-state index in [0.717, 1.165) is 12.2 Å². The second-order valence-corrected chi connectivity index (χ2v) is 2.84. The second kappa shape index (κ2) is 5.50. The van der Waals surface area contributed by atoms with Crippen LogP contribution in [0.25, 0.3) is 0 Å². The summed E-state index contributed by atoms with van der Waals surface area (Å²) in [7, 11) is 3.25. The van der Waals surface area contributed by atoms with Gasteiger partial charge in [-0.15, -0.1) is 0 Å². The van der Waals surface area contributed by atoms with Crippen molar-refractivity contribution < 1.29 is 14.2 Å². The van der Waals surface area contributed by atoms with E-state index in [1.807, 2.05) is 31.2 Å². The first-order valence-corrected chi connectivity index (χ1v) is 4.64. The standard InChI is InChI=1S/C11H16O3/c1-4-11(13-3)14-10-8-6-5-7-9(10)12-2/h5-8,11H,4H2,1-3H3. The molecule has 0 N–H and O–H groups in total. The Morgan fingerprint density at radius 3 is 2.29 bits per heavy atom. The van der Waals surface area contributed by atoms with Gasteiger partial charge in [0, 0.05) is 13.5 Å². The summed E-state index contributed by atoms with van der Waals surface area (Å²) in [5, 5.41) is 0. The molecule has 0 aliphatic rings. The fourth-order valence-electron chi connectivity index (χ4n) is 1.16. The first-order valence-electron chi connectivity index (χ1n) is 4.64. The van der Waals surface area contributed by atoms with Crippen molar-refractivity contribution in [3.05, 3.63) is 24.3 Å². The minimum atomic E-state index is -0.216.